The number of carbonyl (C=O) groups excluding carboxylic acids is 2. The molecule has 0 spiro atoms. The van der Waals surface area contributed by atoms with E-state index in [9.17, 15) is 9.59 Å². The fraction of sp³-hybridized carbons (Fsp3) is 0.200. The number of benzene rings is 3. The molecule has 0 atom stereocenters. The predicted molar refractivity (Wildman–Crippen MR) is 140 cm³/mol. The summed E-state index contributed by atoms with van der Waals surface area (Å²) >= 11 is 0. The normalized spacial score (nSPS) is 13.7. The molecule has 0 radical (unpaired) electrons. The molecule has 0 unspecified atom stereocenters. The number of rotatable bonds is 7. The van der Waals surface area contributed by atoms with E-state index in [0.29, 0.717) is 54.6 Å². The fourth-order valence-electron chi connectivity index (χ4n) is 4.64. The van der Waals surface area contributed by atoms with Gasteiger partial charge in [0.2, 0.25) is 12.7 Å². The minimum absolute atomic E-state index is 0.0403. The topological polar surface area (TPSA) is 90.2 Å². The van der Waals surface area contributed by atoms with E-state index in [2.05, 4.69) is 5.32 Å². The van der Waals surface area contributed by atoms with Gasteiger partial charge < -0.3 is 28.8 Å². The van der Waals surface area contributed by atoms with Gasteiger partial charge in [0.1, 0.15) is 18.1 Å². The second kappa shape index (κ2) is 10.4. The fourth-order valence-corrected chi connectivity index (χ4v) is 4.64. The summed E-state index contributed by atoms with van der Waals surface area (Å²) in [5, 5.41) is 2.88. The van der Waals surface area contributed by atoms with Crippen molar-refractivity contribution in [1.29, 1.82) is 0 Å². The largest absolute Gasteiger partial charge is 0.461 e. The van der Waals surface area contributed by atoms with Crippen LogP contribution in [0.25, 0.3) is 11.3 Å². The van der Waals surface area contributed by atoms with Crippen molar-refractivity contribution in [3.63, 3.8) is 0 Å². The molecule has 2 amide bonds. The van der Waals surface area contributed by atoms with Gasteiger partial charge in [0.15, 0.2) is 11.5 Å². The quantitative estimate of drug-likeness (QED) is 0.375. The molecule has 1 N–H and O–H groups in total. The number of hydrogen-bond donors (Lipinski definition) is 1. The molecular formula is C30H26N2O6. The third kappa shape index (κ3) is 5.12. The first-order valence-electron chi connectivity index (χ1n) is 12.4. The molecule has 1 aromatic heterocycles. The number of fused-ring (bicyclic) bond motifs is 2. The SMILES string of the molecule is O=C(COCc1ccccc1)Nc1cccc(-c2cc3c(o2)CCN(C(=O)c2ccc4c(c2)OCO4)C3)c1. The Balaban J connectivity index is 1.09. The predicted octanol–water partition coefficient (Wildman–Crippen LogP) is 5.03. The standard InChI is InChI=1S/C30H26N2O6/c33-29(18-35-17-20-5-2-1-3-6-20)31-24-8-4-7-21(13-24)27-15-23-16-32(12-11-25(23)38-27)30(34)22-9-10-26-28(14-22)37-19-36-26/h1-10,13-15H,11-12,16-19H2,(H,31,33). The molecule has 0 saturated heterocycles. The number of nitrogens with zero attached hydrogens (tertiary/aromatic N) is 1. The van der Waals surface area contributed by atoms with Crippen LogP contribution in [0.5, 0.6) is 11.5 Å². The number of amides is 2. The average molecular weight is 511 g/mol. The zero-order valence-electron chi connectivity index (χ0n) is 20.6. The Labute approximate surface area is 219 Å². The number of carbonyl (C=O) groups is 2. The Bertz CT molecular complexity index is 1480. The number of hydrogen-bond acceptors (Lipinski definition) is 6. The lowest BCUT2D eigenvalue weighted by molar-refractivity contribution is -0.121. The zero-order chi connectivity index (χ0) is 25.9. The maximum atomic E-state index is 13.1. The smallest absolute Gasteiger partial charge is 0.254 e. The van der Waals surface area contributed by atoms with Crippen LogP contribution in [0.3, 0.4) is 0 Å². The summed E-state index contributed by atoms with van der Waals surface area (Å²) in [6.45, 7) is 1.53. The molecular weight excluding hydrogens is 484 g/mol. The molecule has 0 saturated carbocycles. The number of nitrogens with one attached hydrogen (secondary N) is 1. The molecule has 8 heteroatoms. The van der Waals surface area contributed by atoms with E-state index < -0.39 is 0 Å². The summed E-state index contributed by atoms with van der Waals surface area (Å²) in [5.74, 6) is 2.53. The first kappa shape index (κ1) is 23.8. The van der Waals surface area contributed by atoms with E-state index in [4.69, 9.17) is 18.6 Å². The van der Waals surface area contributed by atoms with Crippen LogP contribution in [0, 0.1) is 0 Å². The lowest BCUT2D eigenvalue weighted by Crippen LogP contribution is -2.35. The van der Waals surface area contributed by atoms with E-state index in [-0.39, 0.29) is 25.2 Å². The van der Waals surface area contributed by atoms with Gasteiger partial charge in [-0.25, -0.2) is 0 Å². The average Bonchev–Trinajstić information content (AvgIpc) is 3.59. The van der Waals surface area contributed by atoms with Crippen molar-refractivity contribution in [1.82, 2.24) is 4.90 Å². The van der Waals surface area contributed by atoms with E-state index in [1.54, 1.807) is 18.2 Å². The number of anilines is 1. The van der Waals surface area contributed by atoms with Gasteiger partial charge in [0, 0.05) is 41.9 Å². The summed E-state index contributed by atoms with van der Waals surface area (Å²) in [6, 6.07) is 24.4. The van der Waals surface area contributed by atoms with Crippen molar-refractivity contribution in [2.24, 2.45) is 0 Å². The van der Waals surface area contributed by atoms with Crippen molar-refractivity contribution in [3.8, 4) is 22.8 Å². The minimum atomic E-state index is -0.227. The Hall–Kier alpha value is -4.56. The molecule has 3 heterocycles. The maximum Gasteiger partial charge on any atom is 0.254 e. The number of ether oxygens (including phenoxy) is 3. The van der Waals surface area contributed by atoms with Crippen LogP contribution in [0.2, 0.25) is 0 Å². The molecule has 2 aliphatic rings. The van der Waals surface area contributed by atoms with Crippen LogP contribution in [-0.2, 0) is 29.1 Å². The highest BCUT2D eigenvalue weighted by atomic mass is 16.7. The van der Waals surface area contributed by atoms with Crippen LogP contribution in [-0.4, -0.2) is 36.7 Å². The Kier molecular flexibility index (Phi) is 6.54. The maximum absolute atomic E-state index is 13.1. The summed E-state index contributed by atoms with van der Waals surface area (Å²) in [4.78, 5) is 27.3. The van der Waals surface area contributed by atoms with Gasteiger partial charge in [-0.3, -0.25) is 9.59 Å². The minimum Gasteiger partial charge on any atom is -0.461 e. The Morgan fingerprint density at radius 2 is 1.79 bits per heavy atom. The molecule has 0 fully saturated rings. The van der Waals surface area contributed by atoms with E-state index in [1.165, 1.54) is 0 Å². The summed E-state index contributed by atoms with van der Waals surface area (Å²) < 4.78 is 22.4. The van der Waals surface area contributed by atoms with Gasteiger partial charge in [-0.15, -0.1) is 0 Å². The second-order valence-corrected chi connectivity index (χ2v) is 9.21. The highest BCUT2D eigenvalue weighted by Crippen LogP contribution is 2.34. The van der Waals surface area contributed by atoms with E-state index >= 15 is 0 Å². The van der Waals surface area contributed by atoms with Crippen molar-refractivity contribution < 1.29 is 28.2 Å². The van der Waals surface area contributed by atoms with E-state index in [1.807, 2.05) is 65.6 Å². The summed E-state index contributed by atoms with van der Waals surface area (Å²) in [6.07, 6.45) is 0.626. The van der Waals surface area contributed by atoms with Gasteiger partial charge >= 0.3 is 0 Å². The Morgan fingerprint density at radius 1 is 0.921 bits per heavy atom. The first-order valence-corrected chi connectivity index (χ1v) is 12.4. The lowest BCUT2D eigenvalue weighted by atomic mass is 10.1. The molecule has 3 aromatic carbocycles. The molecule has 0 aliphatic carbocycles. The molecule has 0 bridgehead atoms. The van der Waals surface area contributed by atoms with Crippen molar-refractivity contribution in [2.75, 3.05) is 25.3 Å². The lowest BCUT2D eigenvalue weighted by Gasteiger charge is -2.26. The molecule has 2 aliphatic heterocycles. The Morgan fingerprint density at radius 3 is 2.68 bits per heavy atom. The van der Waals surface area contributed by atoms with Crippen molar-refractivity contribution >= 4 is 17.5 Å². The third-order valence-corrected chi connectivity index (χ3v) is 6.55. The van der Waals surface area contributed by atoms with Crippen LogP contribution >= 0.6 is 0 Å². The van der Waals surface area contributed by atoms with Gasteiger partial charge in [-0.2, -0.15) is 0 Å². The van der Waals surface area contributed by atoms with Crippen molar-refractivity contribution in [3.05, 3.63) is 101 Å². The molecule has 38 heavy (non-hydrogen) atoms. The van der Waals surface area contributed by atoms with Crippen LogP contribution < -0.4 is 14.8 Å². The first-order chi connectivity index (χ1) is 18.6. The third-order valence-electron chi connectivity index (χ3n) is 6.55. The van der Waals surface area contributed by atoms with Gasteiger partial charge in [-0.05, 0) is 42.0 Å². The van der Waals surface area contributed by atoms with E-state index in [0.717, 1.165) is 22.5 Å². The highest BCUT2D eigenvalue weighted by molar-refractivity contribution is 5.95. The van der Waals surface area contributed by atoms with Crippen LogP contribution in [0.4, 0.5) is 5.69 Å². The zero-order valence-corrected chi connectivity index (χ0v) is 20.6. The molecule has 192 valence electrons. The summed E-state index contributed by atoms with van der Waals surface area (Å²) in [5.41, 5.74) is 4.06. The number of furan rings is 1. The summed E-state index contributed by atoms with van der Waals surface area (Å²) in [7, 11) is 0. The second-order valence-electron chi connectivity index (χ2n) is 9.21. The molecule has 4 aromatic rings. The van der Waals surface area contributed by atoms with Crippen LogP contribution in [0.1, 0.15) is 27.2 Å². The molecule has 8 nitrogen and oxygen atoms in total. The monoisotopic (exact) mass is 510 g/mol. The van der Waals surface area contributed by atoms with Gasteiger partial charge in [0.25, 0.3) is 5.91 Å². The molecule has 6 rings (SSSR count). The van der Waals surface area contributed by atoms with Gasteiger partial charge in [0.05, 0.1) is 6.61 Å². The van der Waals surface area contributed by atoms with Gasteiger partial charge in [-0.1, -0.05) is 42.5 Å². The highest BCUT2D eigenvalue weighted by Gasteiger charge is 2.26. The van der Waals surface area contributed by atoms with Crippen molar-refractivity contribution in [2.45, 2.75) is 19.6 Å². The van der Waals surface area contributed by atoms with Crippen LogP contribution in [0.15, 0.2) is 83.3 Å².